The molecule has 3 rings (SSSR count). The predicted molar refractivity (Wildman–Crippen MR) is 79.8 cm³/mol. The van der Waals surface area contributed by atoms with Crippen LogP contribution in [-0.2, 0) is 22.3 Å². The number of ether oxygens (including phenoxy) is 2. The summed E-state index contributed by atoms with van der Waals surface area (Å²) in [5, 5.41) is 0. The number of pyridine rings is 1. The molecule has 2 aliphatic heterocycles. The Morgan fingerprint density at radius 1 is 1.43 bits per heavy atom. The van der Waals surface area contributed by atoms with Crippen LogP contribution in [0.25, 0.3) is 0 Å². The number of carbonyl (C=O) groups is 1. The van der Waals surface area contributed by atoms with Crippen LogP contribution in [0.15, 0.2) is 6.07 Å². The number of nitrogens with zero attached hydrogens (tertiary/aromatic N) is 2. The molecular formula is C16H22N2O3. The molecule has 114 valence electrons. The Bertz CT molecular complexity index is 545. The van der Waals surface area contributed by atoms with E-state index in [1.165, 1.54) is 20.0 Å². The Labute approximate surface area is 125 Å². The fraction of sp³-hybridized carbons (Fsp3) is 0.625. The number of fused-ring (bicyclic) bond motifs is 1. The van der Waals surface area contributed by atoms with Gasteiger partial charge in [0.2, 0.25) is 0 Å². The fourth-order valence-electron chi connectivity index (χ4n) is 3.25. The molecule has 0 aromatic carbocycles. The highest BCUT2D eigenvalue weighted by molar-refractivity contribution is 5.92. The van der Waals surface area contributed by atoms with Gasteiger partial charge in [-0.15, -0.1) is 0 Å². The lowest BCUT2D eigenvalue weighted by Gasteiger charge is -2.24. The molecule has 0 unspecified atom stereocenters. The van der Waals surface area contributed by atoms with Crippen molar-refractivity contribution in [3.63, 3.8) is 0 Å². The van der Waals surface area contributed by atoms with E-state index in [1.54, 1.807) is 0 Å². The van der Waals surface area contributed by atoms with Crippen LogP contribution in [0.2, 0.25) is 0 Å². The standard InChI is InChI=1S/C16H22N2O3/c1-11-4-3-7-18(11)15-10-13(16(19)20-2)12-5-8-21-9-6-14(12)17-15/h10-11H,3-9H2,1-2H3/t11-/m1/s1. The Balaban J connectivity index is 2.06. The van der Waals surface area contributed by atoms with Gasteiger partial charge in [-0.1, -0.05) is 0 Å². The van der Waals surface area contributed by atoms with Gasteiger partial charge in [0, 0.05) is 24.7 Å². The first kappa shape index (κ1) is 14.3. The van der Waals surface area contributed by atoms with Gasteiger partial charge in [0.05, 0.1) is 25.9 Å². The number of anilines is 1. The molecule has 0 aliphatic carbocycles. The van der Waals surface area contributed by atoms with E-state index in [4.69, 9.17) is 14.5 Å². The van der Waals surface area contributed by atoms with Crippen LogP contribution < -0.4 is 4.90 Å². The first-order valence-electron chi connectivity index (χ1n) is 7.66. The van der Waals surface area contributed by atoms with Crippen molar-refractivity contribution in [3.8, 4) is 0 Å². The Kier molecular flexibility index (Phi) is 4.10. The molecule has 1 aromatic heterocycles. The minimum Gasteiger partial charge on any atom is -0.465 e. The molecular weight excluding hydrogens is 268 g/mol. The number of esters is 1. The molecule has 1 atom stereocenters. The number of methoxy groups -OCH3 is 1. The van der Waals surface area contributed by atoms with E-state index in [-0.39, 0.29) is 5.97 Å². The molecule has 21 heavy (non-hydrogen) atoms. The lowest BCUT2D eigenvalue weighted by atomic mass is 10.0. The van der Waals surface area contributed by atoms with Gasteiger partial charge >= 0.3 is 5.97 Å². The maximum atomic E-state index is 12.1. The quantitative estimate of drug-likeness (QED) is 0.780. The molecule has 5 nitrogen and oxygen atoms in total. The van der Waals surface area contributed by atoms with Crippen molar-refractivity contribution in [1.29, 1.82) is 0 Å². The van der Waals surface area contributed by atoms with Crippen LogP contribution in [0.1, 0.15) is 41.4 Å². The Morgan fingerprint density at radius 3 is 2.95 bits per heavy atom. The van der Waals surface area contributed by atoms with Crippen LogP contribution >= 0.6 is 0 Å². The molecule has 3 heterocycles. The molecule has 0 saturated carbocycles. The van der Waals surface area contributed by atoms with E-state index in [1.807, 2.05) is 6.07 Å². The number of hydrogen-bond donors (Lipinski definition) is 0. The highest BCUT2D eigenvalue weighted by Gasteiger charge is 2.26. The van der Waals surface area contributed by atoms with Crippen LogP contribution in [-0.4, -0.2) is 43.9 Å². The zero-order chi connectivity index (χ0) is 14.8. The van der Waals surface area contributed by atoms with Crippen molar-refractivity contribution in [2.45, 2.75) is 38.6 Å². The smallest absolute Gasteiger partial charge is 0.338 e. The Hall–Kier alpha value is -1.62. The summed E-state index contributed by atoms with van der Waals surface area (Å²) in [7, 11) is 1.43. The molecule has 1 aromatic rings. The maximum Gasteiger partial charge on any atom is 0.338 e. The number of rotatable bonds is 2. The third-order valence-corrected chi connectivity index (χ3v) is 4.43. The summed E-state index contributed by atoms with van der Waals surface area (Å²) < 4.78 is 10.5. The van der Waals surface area contributed by atoms with E-state index in [9.17, 15) is 4.79 Å². The first-order valence-corrected chi connectivity index (χ1v) is 7.66. The van der Waals surface area contributed by atoms with Crippen molar-refractivity contribution < 1.29 is 14.3 Å². The summed E-state index contributed by atoms with van der Waals surface area (Å²) in [5.74, 6) is 0.629. The van der Waals surface area contributed by atoms with Gasteiger partial charge in [0.15, 0.2) is 0 Å². The van der Waals surface area contributed by atoms with E-state index < -0.39 is 0 Å². The van der Waals surface area contributed by atoms with Crippen molar-refractivity contribution >= 4 is 11.8 Å². The highest BCUT2D eigenvalue weighted by atomic mass is 16.5. The molecule has 0 bridgehead atoms. The van der Waals surface area contributed by atoms with Crippen molar-refractivity contribution in [2.75, 3.05) is 31.8 Å². The minimum atomic E-state index is -0.274. The second-order valence-electron chi connectivity index (χ2n) is 5.74. The zero-order valence-electron chi connectivity index (χ0n) is 12.7. The molecule has 0 N–H and O–H groups in total. The van der Waals surface area contributed by atoms with Gasteiger partial charge in [0.25, 0.3) is 0 Å². The summed E-state index contributed by atoms with van der Waals surface area (Å²) >= 11 is 0. The SMILES string of the molecule is COC(=O)c1cc(N2CCC[C@H]2C)nc2c1CCOCC2. The maximum absolute atomic E-state index is 12.1. The minimum absolute atomic E-state index is 0.274. The lowest BCUT2D eigenvalue weighted by molar-refractivity contribution is 0.0599. The summed E-state index contributed by atoms with van der Waals surface area (Å²) in [4.78, 5) is 19.2. The van der Waals surface area contributed by atoms with Gasteiger partial charge < -0.3 is 14.4 Å². The van der Waals surface area contributed by atoms with E-state index >= 15 is 0 Å². The largest absolute Gasteiger partial charge is 0.465 e. The molecule has 0 amide bonds. The second-order valence-corrected chi connectivity index (χ2v) is 5.74. The molecule has 0 radical (unpaired) electrons. The van der Waals surface area contributed by atoms with E-state index in [0.29, 0.717) is 24.8 Å². The summed E-state index contributed by atoms with van der Waals surface area (Å²) in [5.41, 5.74) is 2.64. The van der Waals surface area contributed by atoms with E-state index in [0.717, 1.165) is 36.5 Å². The van der Waals surface area contributed by atoms with Crippen LogP contribution in [0.4, 0.5) is 5.82 Å². The number of carbonyl (C=O) groups excluding carboxylic acids is 1. The summed E-state index contributed by atoms with van der Waals surface area (Å²) in [6, 6.07) is 2.38. The van der Waals surface area contributed by atoms with Crippen molar-refractivity contribution in [3.05, 3.63) is 22.9 Å². The van der Waals surface area contributed by atoms with Gasteiger partial charge in [-0.3, -0.25) is 0 Å². The molecule has 1 saturated heterocycles. The normalized spacial score (nSPS) is 21.8. The average molecular weight is 290 g/mol. The third kappa shape index (κ3) is 2.75. The summed E-state index contributed by atoms with van der Waals surface area (Å²) in [6.45, 7) is 4.52. The lowest BCUT2D eigenvalue weighted by Crippen LogP contribution is -2.28. The van der Waals surface area contributed by atoms with Gasteiger partial charge in [-0.25, -0.2) is 9.78 Å². The zero-order valence-corrected chi connectivity index (χ0v) is 12.7. The average Bonchev–Trinajstić information content (AvgIpc) is 2.78. The number of hydrogen-bond acceptors (Lipinski definition) is 5. The van der Waals surface area contributed by atoms with Crippen LogP contribution in [0.3, 0.4) is 0 Å². The van der Waals surface area contributed by atoms with Gasteiger partial charge in [0.1, 0.15) is 5.82 Å². The third-order valence-electron chi connectivity index (χ3n) is 4.43. The molecule has 0 spiro atoms. The molecule has 5 heteroatoms. The Morgan fingerprint density at radius 2 is 2.24 bits per heavy atom. The number of aromatic nitrogens is 1. The fourth-order valence-corrected chi connectivity index (χ4v) is 3.25. The van der Waals surface area contributed by atoms with Crippen molar-refractivity contribution in [2.24, 2.45) is 0 Å². The summed E-state index contributed by atoms with van der Waals surface area (Å²) in [6.07, 6.45) is 3.84. The monoisotopic (exact) mass is 290 g/mol. The van der Waals surface area contributed by atoms with Gasteiger partial charge in [-0.05, 0) is 37.8 Å². The van der Waals surface area contributed by atoms with Crippen LogP contribution in [0.5, 0.6) is 0 Å². The first-order chi connectivity index (χ1) is 10.2. The second kappa shape index (κ2) is 6.02. The van der Waals surface area contributed by atoms with Crippen molar-refractivity contribution in [1.82, 2.24) is 4.98 Å². The van der Waals surface area contributed by atoms with E-state index in [2.05, 4.69) is 11.8 Å². The van der Waals surface area contributed by atoms with Crippen LogP contribution in [0, 0.1) is 0 Å². The molecule has 2 aliphatic rings. The highest BCUT2D eigenvalue weighted by Crippen LogP contribution is 2.28. The molecule has 1 fully saturated rings. The van der Waals surface area contributed by atoms with Gasteiger partial charge in [-0.2, -0.15) is 0 Å². The predicted octanol–water partition coefficient (Wildman–Crippen LogP) is 1.97. The topological polar surface area (TPSA) is 51.7 Å².